The third-order valence-corrected chi connectivity index (χ3v) is 5.01. The molecule has 0 amide bonds. The summed E-state index contributed by atoms with van der Waals surface area (Å²) in [5, 5.41) is 0. The molecule has 3 heteroatoms. The maximum atomic E-state index is 12.4. The second kappa shape index (κ2) is 2.88. The minimum atomic E-state index is -0.868. The smallest absolute Gasteiger partial charge is 0.313 e. The predicted molar refractivity (Wildman–Crippen MR) is 59.8 cm³/mol. The molecule has 90 valence electrons. The van der Waals surface area contributed by atoms with E-state index in [1.54, 1.807) is 0 Å². The summed E-state index contributed by atoms with van der Waals surface area (Å²) in [5.41, 5.74) is -1.75. The first kappa shape index (κ1) is 11.6. The van der Waals surface area contributed by atoms with Crippen LogP contribution < -0.4 is 0 Å². The van der Waals surface area contributed by atoms with Crippen LogP contribution in [-0.2, 0) is 14.3 Å². The molecule has 16 heavy (non-hydrogen) atoms. The van der Waals surface area contributed by atoms with Gasteiger partial charge in [-0.25, -0.2) is 0 Å². The zero-order chi connectivity index (χ0) is 12.4. The second-order valence-electron chi connectivity index (χ2n) is 6.19. The van der Waals surface area contributed by atoms with Crippen molar-refractivity contribution in [1.29, 1.82) is 0 Å². The summed E-state index contributed by atoms with van der Waals surface area (Å²) in [6.07, 6.45) is 1.44. The number of fused-ring (bicyclic) bond motifs is 2. The lowest BCUT2D eigenvalue weighted by molar-refractivity contribution is -0.168. The van der Waals surface area contributed by atoms with E-state index in [0.29, 0.717) is 6.42 Å². The summed E-state index contributed by atoms with van der Waals surface area (Å²) in [4.78, 5) is 24.3. The van der Waals surface area contributed by atoms with E-state index in [4.69, 9.17) is 4.74 Å². The number of carbonyl (C=O) groups is 2. The van der Waals surface area contributed by atoms with E-state index in [9.17, 15) is 9.59 Å². The average Bonchev–Trinajstić information content (AvgIpc) is 2.46. The van der Waals surface area contributed by atoms with Crippen molar-refractivity contribution in [3.8, 4) is 0 Å². The van der Waals surface area contributed by atoms with Gasteiger partial charge in [-0.3, -0.25) is 9.59 Å². The van der Waals surface area contributed by atoms with Crippen LogP contribution >= 0.6 is 0 Å². The highest BCUT2D eigenvalue weighted by atomic mass is 16.6. The molecule has 2 rings (SSSR count). The molecule has 1 saturated heterocycles. The van der Waals surface area contributed by atoms with Crippen molar-refractivity contribution < 1.29 is 14.3 Å². The third-order valence-electron chi connectivity index (χ3n) is 5.01. The molecule has 0 aromatic carbocycles. The summed E-state index contributed by atoms with van der Waals surface area (Å²) in [6.45, 7) is 9.65. The van der Waals surface area contributed by atoms with Gasteiger partial charge >= 0.3 is 5.97 Å². The zero-order valence-corrected chi connectivity index (χ0v) is 10.7. The van der Waals surface area contributed by atoms with E-state index in [1.165, 1.54) is 0 Å². The number of hydrogen-bond acceptors (Lipinski definition) is 3. The molecule has 1 aliphatic carbocycles. The molecule has 3 nitrogen and oxygen atoms in total. The Balaban J connectivity index is 2.52. The normalized spacial score (nSPS) is 40.2. The number of rotatable bonds is 2. The molecule has 2 atom stereocenters. The molecule has 2 bridgehead atoms. The molecular formula is C13H20O3. The Morgan fingerprint density at radius 1 is 1.25 bits per heavy atom. The van der Waals surface area contributed by atoms with Crippen molar-refractivity contribution in [3.05, 3.63) is 0 Å². The molecule has 1 aliphatic heterocycles. The van der Waals surface area contributed by atoms with Crippen LogP contribution in [0, 0.1) is 16.7 Å². The van der Waals surface area contributed by atoms with Gasteiger partial charge in [0.25, 0.3) is 0 Å². The van der Waals surface area contributed by atoms with Crippen LogP contribution in [0.5, 0.6) is 0 Å². The van der Waals surface area contributed by atoms with Crippen LogP contribution in [0.15, 0.2) is 0 Å². The molecule has 1 saturated carbocycles. The van der Waals surface area contributed by atoms with Gasteiger partial charge in [0, 0.05) is 11.3 Å². The van der Waals surface area contributed by atoms with E-state index in [1.807, 2.05) is 34.6 Å². The largest absolute Gasteiger partial charge is 0.450 e. The minimum Gasteiger partial charge on any atom is -0.450 e. The van der Waals surface area contributed by atoms with Gasteiger partial charge in [-0.15, -0.1) is 0 Å². The molecule has 0 unspecified atom stereocenters. The molecule has 2 aliphatic rings. The number of ether oxygens (including phenoxy) is 1. The van der Waals surface area contributed by atoms with Crippen molar-refractivity contribution in [2.75, 3.05) is 0 Å². The maximum absolute atomic E-state index is 12.4. The van der Waals surface area contributed by atoms with Crippen molar-refractivity contribution in [3.63, 3.8) is 0 Å². The highest BCUT2D eigenvalue weighted by Crippen LogP contribution is 2.66. The van der Waals surface area contributed by atoms with Gasteiger partial charge in [0.05, 0.1) is 5.41 Å². The summed E-state index contributed by atoms with van der Waals surface area (Å²) < 4.78 is 5.50. The van der Waals surface area contributed by atoms with E-state index in [-0.39, 0.29) is 17.7 Å². The lowest BCUT2D eigenvalue weighted by Crippen LogP contribution is -2.49. The summed E-state index contributed by atoms with van der Waals surface area (Å²) >= 11 is 0. The van der Waals surface area contributed by atoms with E-state index < -0.39 is 16.4 Å². The van der Waals surface area contributed by atoms with Gasteiger partial charge in [0.2, 0.25) is 0 Å². The predicted octanol–water partition coefficient (Wildman–Crippen LogP) is 2.33. The quantitative estimate of drug-likeness (QED) is 0.676. The summed E-state index contributed by atoms with van der Waals surface area (Å²) in [7, 11) is 0. The van der Waals surface area contributed by atoms with Crippen molar-refractivity contribution in [2.45, 2.75) is 53.1 Å². The summed E-state index contributed by atoms with van der Waals surface area (Å²) in [5.74, 6) is -0.211. The van der Waals surface area contributed by atoms with Gasteiger partial charge in [-0.1, -0.05) is 27.7 Å². The van der Waals surface area contributed by atoms with E-state index in [0.717, 1.165) is 6.42 Å². The lowest BCUT2D eigenvalue weighted by atomic mass is 9.64. The highest BCUT2D eigenvalue weighted by Gasteiger charge is 2.75. The van der Waals surface area contributed by atoms with E-state index in [2.05, 4.69) is 0 Å². The molecule has 2 fully saturated rings. The Bertz CT molecular complexity index is 369. The molecular weight excluding hydrogens is 204 g/mol. The van der Waals surface area contributed by atoms with Crippen LogP contribution in [0.4, 0.5) is 0 Å². The Hall–Kier alpha value is -0.860. The summed E-state index contributed by atoms with van der Waals surface area (Å²) in [6, 6.07) is 0. The topological polar surface area (TPSA) is 43.4 Å². The first-order valence-corrected chi connectivity index (χ1v) is 5.97. The van der Waals surface area contributed by atoms with Gasteiger partial charge in [0.1, 0.15) is 0 Å². The van der Waals surface area contributed by atoms with E-state index >= 15 is 0 Å². The highest BCUT2D eigenvalue weighted by molar-refractivity contribution is 5.98. The molecule has 0 aromatic heterocycles. The molecule has 1 heterocycles. The standard InChI is InChI=1S/C13H20O3/c1-8(2)9(14)13-7-6-12(5,10(15)16-13)11(13,3)4/h8H,6-7H2,1-5H3/t12-,13+/m0/s1. The fraction of sp³-hybridized carbons (Fsp3) is 0.846. The second-order valence-corrected chi connectivity index (χ2v) is 6.19. The molecule has 0 radical (unpaired) electrons. The monoisotopic (exact) mass is 224 g/mol. The molecule has 0 spiro atoms. The number of ketones is 1. The minimum absolute atomic E-state index is 0.0760. The van der Waals surface area contributed by atoms with Crippen molar-refractivity contribution in [2.24, 2.45) is 16.7 Å². The van der Waals surface area contributed by atoms with Gasteiger partial charge in [-0.05, 0) is 19.8 Å². The van der Waals surface area contributed by atoms with Crippen LogP contribution in [0.2, 0.25) is 0 Å². The Morgan fingerprint density at radius 3 is 2.12 bits per heavy atom. The Morgan fingerprint density at radius 2 is 1.81 bits per heavy atom. The molecule has 0 N–H and O–H groups in total. The van der Waals surface area contributed by atoms with Crippen LogP contribution in [-0.4, -0.2) is 17.4 Å². The lowest BCUT2D eigenvalue weighted by Gasteiger charge is -2.36. The van der Waals surface area contributed by atoms with Crippen molar-refractivity contribution in [1.82, 2.24) is 0 Å². The number of esters is 1. The third kappa shape index (κ3) is 0.950. The zero-order valence-electron chi connectivity index (χ0n) is 10.7. The first-order valence-electron chi connectivity index (χ1n) is 5.97. The van der Waals surface area contributed by atoms with Crippen molar-refractivity contribution >= 4 is 11.8 Å². The molecule has 0 aromatic rings. The number of hydrogen-bond donors (Lipinski definition) is 0. The fourth-order valence-electron chi connectivity index (χ4n) is 3.25. The SMILES string of the molecule is CC(C)C(=O)[C@@]12CC[C@@](C)(C(=O)O1)C2(C)C. The fourth-order valence-corrected chi connectivity index (χ4v) is 3.25. The van der Waals surface area contributed by atoms with Gasteiger partial charge < -0.3 is 4.74 Å². The van der Waals surface area contributed by atoms with Gasteiger partial charge in [0.15, 0.2) is 11.4 Å². The Kier molecular flexibility index (Phi) is 2.09. The van der Waals surface area contributed by atoms with Gasteiger partial charge in [-0.2, -0.15) is 0 Å². The average molecular weight is 224 g/mol. The Labute approximate surface area is 96.5 Å². The number of Topliss-reactive ketones (excluding diaryl/α,β-unsaturated/α-hetero) is 1. The van der Waals surface area contributed by atoms with Crippen LogP contribution in [0.1, 0.15) is 47.5 Å². The van der Waals surface area contributed by atoms with Crippen LogP contribution in [0.3, 0.4) is 0 Å². The first-order chi connectivity index (χ1) is 7.19. The maximum Gasteiger partial charge on any atom is 0.313 e. The number of carbonyl (C=O) groups excluding carboxylic acids is 2. The van der Waals surface area contributed by atoms with Crippen LogP contribution in [0.25, 0.3) is 0 Å².